The van der Waals surface area contributed by atoms with Gasteiger partial charge in [0.1, 0.15) is 0 Å². The molecule has 1 aromatic carbocycles. The predicted octanol–water partition coefficient (Wildman–Crippen LogP) is 2.81. The van der Waals surface area contributed by atoms with Crippen molar-refractivity contribution in [3.05, 3.63) is 29.8 Å². The Morgan fingerprint density at radius 3 is 2.39 bits per heavy atom. The van der Waals surface area contributed by atoms with Gasteiger partial charge in [0.05, 0.1) is 21.6 Å². The molecule has 1 aromatic rings. The molecular formula is C12H16F3NOS. The van der Waals surface area contributed by atoms with E-state index in [0.29, 0.717) is 0 Å². The lowest BCUT2D eigenvalue weighted by Gasteiger charge is -2.19. The van der Waals surface area contributed by atoms with E-state index in [1.54, 1.807) is 14.0 Å². The van der Waals surface area contributed by atoms with E-state index >= 15 is 0 Å². The third-order valence-corrected chi connectivity index (χ3v) is 4.69. The van der Waals surface area contributed by atoms with E-state index in [2.05, 4.69) is 5.32 Å². The fourth-order valence-electron chi connectivity index (χ4n) is 1.43. The minimum absolute atomic E-state index is 0.0413. The number of hydrogen-bond donors (Lipinski definition) is 1. The summed E-state index contributed by atoms with van der Waals surface area (Å²) in [5, 5.41) is 2.68. The molecule has 0 fully saturated rings. The summed E-state index contributed by atoms with van der Waals surface area (Å²) in [6, 6.07) is 4.64. The molecule has 0 saturated heterocycles. The summed E-state index contributed by atoms with van der Waals surface area (Å²) in [5.41, 5.74) is -0.766. The van der Waals surface area contributed by atoms with Crippen molar-refractivity contribution < 1.29 is 17.4 Å². The Balaban J connectivity index is 3.01. The number of rotatable bonds is 4. The molecule has 0 saturated carbocycles. The lowest BCUT2D eigenvalue weighted by molar-refractivity contribution is -0.137. The maximum atomic E-state index is 12.5. The highest BCUT2D eigenvalue weighted by atomic mass is 32.2. The van der Waals surface area contributed by atoms with Crippen LogP contribution in [0.4, 0.5) is 13.2 Å². The van der Waals surface area contributed by atoms with E-state index in [1.165, 1.54) is 12.1 Å². The van der Waals surface area contributed by atoms with Crippen molar-refractivity contribution in [3.8, 4) is 0 Å². The second-order valence-electron chi connectivity index (χ2n) is 4.11. The topological polar surface area (TPSA) is 29.1 Å². The van der Waals surface area contributed by atoms with Crippen molar-refractivity contribution in [1.82, 2.24) is 5.32 Å². The molecule has 1 rings (SSSR count). The molecule has 0 aliphatic heterocycles. The lowest BCUT2D eigenvalue weighted by Crippen LogP contribution is -2.35. The van der Waals surface area contributed by atoms with Crippen LogP contribution in [0.1, 0.15) is 19.4 Å². The van der Waals surface area contributed by atoms with Crippen LogP contribution < -0.4 is 5.32 Å². The van der Waals surface area contributed by atoms with Gasteiger partial charge >= 0.3 is 6.18 Å². The van der Waals surface area contributed by atoms with Crippen molar-refractivity contribution in [2.45, 2.75) is 36.2 Å². The normalized spacial score (nSPS) is 17.2. The fourth-order valence-corrected chi connectivity index (χ4v) is 2.82. The first kappa shape index (κ1) is 15.2. The van der Waals surface area contributed by atoms with Crippen molar-refractivity contribution >= 4 is 10.8 Å². The van der Waals surface area contributed by atoms with Crippen molar-refractivity contribution in [2.75, 3.05) is 7.05 Å². The number of benzene rings is 1. The first-order valence-corrected chi connectivity index (χ1v) is 6.73. The Labute approximate surface area is 107 Å². The zero-order valence-electron chi connectivity index (χ0n) is 10.4. The largest absolute Gasteiger partial charge is 0.416 e. The molecule has 0 spiro atoms. The Kier molecular flexibility index (Phi) is 4.92. The monoisotopic (exact) mass is 279 g/mol. The molecule has 102 valence electrons. The maximum absolute atomic E-state index is 12.5. The standard InChI is InChI=1S/C12H16F3NOS/c1-8(16-3)9(2)18(17)11-6-4-5-10(7-11)12(13,14)15/h4-9,16H,1-3H3. The SMILES string of the molecule is CNC(C)C(C)S(=O)c1cccc(C(F)(F)F)c1. The molecule has 0 aromatic heterocycles. The number of halogens is 3. The van der Waals surface area contributed by atoms with Gasteiger partial charge in [-0.1, -0.05) is 6.07 Å². The molecule has 6 heteroatoms. The van der Waals surface area contributed by atoms with Gasteiger partial charge in [-0.25, -0.2) is 0 Å². The quantitative estimate of drug-likeness (QED) is 0.918. The highest BCUT2D eigenvalue weighted by molar-refractivity contribution is 7.85. The Morgan fingerprint density at radius 2 is 1.89 bits per heavy atom. The Hall–Kier alpha value is -0.880. The van der Waals surface area contributed by atoms with Gasteiger partial charge in [-0.3, -0.25) is 4.21 Å². The molecule has 0 aliphatic rings. The van der Waals surface area contributed by atoms with Crippen LogP contribution in [0, 0.1) is 0 Å². The summed E-state index contributed by atoms with van der Waals surface area (Å²) in [6.45, 7) is 3.59. The molecule has 2 nitrogen and oxygen atoms in total. The number of nitrogens with one attached hydrogen (secondary N) is 1. The van der Waals surface area contributed by atoms with E-state index < -0.39 is 22.5 Å². The molecular weight excluding hydrogens is 263 g/mol. The summed E-state index contributed by atoms with van der Waals surface area (Å²) in [5.74, 6) is 0. The fraction of sp³-hybridized carbons (Fsp3) is 0.500. The Morgan fingerprint density at radius 1 is 1.28 bits per heavy atom. The molecule has 0 bridgehead atoms. The average Bonchev–Trinajstić information content (AvgIpc) is 2.35. The van der Waals surface area contributed by atoms with Crippen LogP contribution in [0.3, 0.4) is 0 Å². The molecule has 0 radical (unpaired) electrons. The van der Waals surface area contributed by atoms with Crippen LogP contribution in [-0.4, -0.2) is 22.5 Å². The van der Waals surface area contributed by atoms with E-state index in [9.17, 15) is 17.4 Å². The van der Waals surface area contributed by atoms with Crippen LogP contribution in [0.2, 0.25) is 0 Å². The smallest absolute Gasteiger partial charge is 0.316 e. The molecule has 0 aliphatic carbocycles. The van der Waals surface area contributed by atoms with Crippen molar-refractivity contribution in [2.24, 2.45) is 0 Å². The van der Waals surface area contributed by atoms with Crippen LogP contribution in [0.15, 0.2) is 29.2 Å². The van der Waals surface area contributed by atoms with Gasteiger partial charge in [0.2, 0.25) is 0 Å². The molecule has 0 amide bonds. The van der Waals surface area contributed by atoms with E-state index in [4.69, 9.17) is 0 Å². The molecule has 0 heterocycles. The maximum Gasteiger partial charge on any atom is 0.416 e. The minimum atomic E-state index is -4.40. The van der Waals surface area contributed by atoms with E-state index in [-0.39, 0.29) is 16.2 Å². The second kappa shape index (κ2) is 5.84. The first-order chi connectivity index (χ1) is 8.27. The predicted molar refractivity (Wildman–Crippen MR) is 65.8 cm³/mol. The molecule has 3 unspecified atom stereocenters. The van der Waals surface area contributed by atoms with Crippen LogP contribution in [-0.2, 0) is 17.0 Å². The third kappa shape index (κ3) is 3.55. The minimum Gasteiger partial charge on any atom is -0.316 e. The summed E-state index contributed by atoms with van der Waals surface area (Å²) >= 11 is 0. The second-order valence-corrected chi connectivity index (χ2v) is 5.92. The van der Waals surface area contributed by atoms with Gasteiger partial charge in [-0.15, -0.1) is 0 Å². The van der Waals surface area contributed by atoms with Gasteiger partial charge in [0.15, 0.2) is 0 Å². The van der Waals surface area contributed by atoms with Gasteiger partial charge in [0.25, 0.3) is 0 Å². The highest BCUT2D eigenvalue weighted by Crippen LogP contribution is 2.30. The van der Waals surface area contributed by atoms with Gasteiger partial charge in [0, 0.05) is 10.9 Å². The molecule has 1 N–H and O–H groups in total. The number of hydrogen-bond acceptors (Lipinski definition) is 2. The Bertz CT molecular complexity index is 434. The summed E-state index contributed by atoms with van der Waals surface area (Å²) in [4.78, 5) is 0.208. The number of alkyl halides is 3. The summed E-state index contributed by atoms with van der Waals surface area (Å²) in [7, 11) is 0.261. The van der Waals surface area contributed by atoms with Crippen LogP contribution in [0.5, 0.6) is 0 Å². The average molecular weight is 279 g/mol. The third-order valence-electron chi connectivity index (χ3n) is 2.89. The van der Waals surface area contributed by atoms with Crippen molar-refractivity contribution in [1.29, 1.82) is 0 Å². The van der Waals surface area contributed by atoms with Gasteiger partial charge < -0.3 is 5.32 Å². The first-order valence-electron chi connectivity index (χ1n) is 5.52. The molecule has 18 heavy (non-hydrogen) atoms. The van der Waals surface area contributed by atoms with Crippen LogP contribution >= 0.6 is 0 Å². The van der Waals surface area contributed by atoms with Crippen LogP contribution in [0.25, 0.3) is 0 Å². The van der Waals surface area contributed by atoms with E-state index in [0.717, 1.165) is 12.1 Å². The van der Waals surface area contributed by atoms with Gasteiger partial charge in [-0.05, 0) is 39.1 Å². The summed E-state index contributed by atoms with van der Waals surface area (Å²) in [6.07, 6.45) is -4.40. The lowest BCUT2D eigenvalue weighted by atomic mass is 10.2. The van der Waals surface area contributed by atoms with E-state index in [1.807, 2.05) is 6.92 Å². The van der Waals surface area contributed by atoms with Crippen molar-refractivity contribution in [3.63, 3.8) is 0 Å². The zero-order chi connectivity index (χ0) is 13.9. The zero-order valence-corrected chi connectivity index (χ0v) is 11.2. The summed E-state index contributed by atoms with van der Waals surface area (Å²) < 4.78 is 49.8. The molecule has 3 atom stereocenters. The highest BCUT2D eigenvalue weighted by Gasteiger charge is 2.31. The van der Waals surface area contributed by atoms with Gasteiger partial charge in [-0.2, -0.15) is 13.2 Å².